The van der Waals surface area contributed by atoms with E-state index in [1.807, 2.05) is 0 Å². The van der Waals surface area contributed by atoms with E-state index in [9.17, 15) is 4.79 Å². The summed E-state index contributed by atoms with van der Waals surface area (Å²) in [6.45, 7) is 4.50. The minimum absolute atomic E-state index is 0.0138. The molecule has 2 unspecified atom stereocenters. The maximum atomic E-state index is 10.6. The monoisotopic (exact) mass is 202 g/mol. The molecule has 1 fully saturated rings. The van der Waals surface area contributed by atoms with E-state index in [4.69, 9.17) is 14.2 Å². The summed E-state index contributed by atoms with van der Waals surface area (Å²) >= 11 is 0. The largest absolute Gasteiger partial charge is 0.463 e. The van der Waals surface area contributed by atoms with Crippen molar-refractivity contribution in [2.24, 2.45) is 5.92 Å². The molecule has 0 aromatic rings. The van der Waals surface area contributed by atoms with Crippen LogP contribution in [0.15, 0.2) is 0 Å². The number of hydrogen-bond acceptors (Lipinski definition) is 4. The van der Waals surface area contributed by atoms with Crippen molar-refractivity contribution < 1.29 is 19.0 Å². The van der Waals surface area contributed by atoms with Gasteiger partial charge in [0.25, 0.3) is 0 Å². The van der Waals surface area contributed by atoms with Gasteiger partial charge in [0.2, 0.25) is 0 Å². The SMILES string of the molecule is CO[C@H]1CC(COC(C)=O)OCC1C. The Morgan fingerprint density at radius 1 is 1.57 bits per heavy atom. The van der Waals surface area contributed by atoms with Crippen LogP contribution < -0.4 is 0 Å². The number of carbonyl (C=O) groups is 1. The van der Waals surface area contributed by atoms with Crippen molar-refractivity contribution in [1.29, 1.82) is 0 Å². The fourth-order valence-electron chi connectivity index (χ4n) is 1.61. The normalized spacial score (nSPS) is 32.6. The number of esters is 1. The molecule has 82 valence electrons. The van der Waals surface area contributed by atoms with E-state index in [1.54, 1.807) is 7.11 Å². The molecule has 14 heavy (non-hydrogen) atoms. The molecule has 4 nitrogen and oxygen atoms in total. The lowest BCUT2D eigenvalue weighted by Crippen LogP contribution is -2.39. The van der Waals surface area contributed by atoms with Crippen LogP contribution in [0.3, 0.4) is 0 Å². The molecular formula is C10H18O4. The van der Waals surface area contributed by atoms with Gasteiger partial charge in [0, 0.05) is 26.4 Å². The van der Waals surface area contributed by atoms with Crippen molar-refractivity contribution in [2.75, 3.05) is 20.3 Å². The molecule has 1 rings (SSSR count). The number of ether oxygens (including phenoxy) is 3. The molecule has 0 bridgehead atoms. The molecule has 0 aromatic heterocycles. The highest BCUT2D eigenvalue weighted by atomic mass is 16.6. The zero-order valence-electron chi connectivity index (χ0n) is 8.99. The molecule has 1 heterocycles. The highest BCUT2D eigenvalue weighted by Crippen LogP contribution is 2.21. The molecule has 1 saturated heterocycles. The van der Waals surface area contributed by atoms with E-state index in [-0.39, 0.29) is 18.2 Å². The number of rotatable bonds is 3. The van der Waals surface area contributed by atoms with E-state index < -0.39 is 0 Å². The maximum Gasteiger partial charge on any atom is 0.302 e. The van der Waals surface area contributed by atoms with Gasteiger partial charge >= 0.3 is 5.97 Å². The second-order valence-electron chi connectivity index (χ2n) is 3.75. The van der Waals surface area contributed by atoms with Gasteiger partial charge in [0.05, 0.1) is 18.8 Å². The van der Waals surface area contributed by atoms with Gasteiger partial charge in [-0.2, -0.15) is 0 Å². The lowest BCUT2D eigenvalue weighted by Gasteiger charge is -2.33. The molecular weight excluding hydrogens is 184 g/mol. The molecule has 4 heteroatoms. The Morgan fingerprint density at radius 2 is 2.29 bits per heavy atom. The average Bonchev–Trinajstić information content (AvgIpc) is 2.16. The summed E-state index contributed by atoms with van der Waals surface area (Å²) < 4.78 is 15.7. The third-order valence-electron chi connectivity index (χ3n) is 2.50. The van der Waals surface area contributed by atoms with E-state index in [1.165, 1.54) is 6.92 Å². The first-order chi connectivity index (χ1) is 6.63. The van der Waals surface area contributed by atoms with Crippen LogP contribution in [-0.2, 0) is 19.0 Å². The fourth-order valence-corrected chi connectivity index (χ4v) is 1.61. The first-order valence-corrected chi connectivity index (χ1v) is 4.91. The standard InChI is InChI=1S/C10H18O4/c1-7-5-14-9(4-10(7)12-3)6-13-8(2)11/h7,9-10H,4-6H2,1-3H3/t7?,9?,10-/m0/s1. The first-order valence-electron chi connectivity index (χ1n) is 4.91. The average molecular weight is 202 g/mol. The Morgan fingerprint density at radius 3 is 2.86 bits per heavy atom. The Bertz CT molecular complexity index is 193. The summed E-state index contributed by atoms with van der Waals surface area (Å²) in [4.78, 5) is 10.6. The van der Waals surface area contributed by atoms with E-state index in [0.717, 1.165) is 6.42 Å². The van der Waals surface area contributed by atoms with Crippen molar-refractivity contribution in [3.05, 3.63) is 0 Å². The fraction of sp³-hybridized carbons (Fsp3) is 0.900. The minimum atomic E-state index is -0.263. The number of hydrogen-bond donors (Lipinski definition) is 0. The topological polar surface area (TPSA) is 44.8 Å². The van der Waals surface area contributed by atoms with Crippen LogP contribution in [0, 0.1) is 5.92 Å². The molecule has 0 saturated carbocycles. The molecule has 0 spiro atoms. The number of carbonyl (C=O) groups excluding carboxylic acids is 1. The molecule has 0 radical (unpaired) electrons. The van der Waals surface area contributed by atoms with Gasteiger partial charge < -0.3 is 14.2 Å². The van der Waals surface area contributed by atoms with Crippen molar-refractivity contribution in [3.8, 4) is 0 Å². The van der Waals surface area contributed by atoms with Crippen LogP contribution in [0.25, 0.3) is 0 Å². The van der Waals surface area contributed by atoms with Crippen molar-refractivity contribution in [2.45, 2.75) is 32.5 Å². The zero-order chi connectivity index (χ0) is 10.6. The molecule has 0 aliphatic carbocycles. The summed E-state index contributed by atoms with van der Waals surface area (Å²) in [5.74, 6) is 0.148. The predicted molar refractivity (Wildman–Crippen MR) is 51.0 cm³/mol. The van der Waals surface area contributed by atoms with Gasteiger partial charge in [-0.1, -0.05) is 6.92 Å². The quantitative estimate of drug-likeness (QED) is 0.640. The van der Waals surface area contributed by atoms with Crippen LogP contribution in [0.1, 0.15) is 20.3 Å². The van der Waals surface area contributed by atoms with Gasteiger partial charge in [-0.05, 0) is 0 Å². The highest BCUT2D eigenvalue weighted by Gasteiger charge is 2.28. The molecule has 0 aromatic carbocycles. The van der Waals surface area contributed by atoms with Crippen LogP contribution in [0.2, 0.25) is 0 Å². The smallest absolute Gasteiger partial charge is 0.302 e. The van der Waals surface area contributed by atoms with E-state index >= 15 is 0 Å². The van der Waals surface area contributed by atoms with Gasteiger partial charge in [-0.15, -0.1) is 0 Å². The molecule has 1 aliphatic rings. The Kier molecular flexibility index (Phi) is 4.35. The Labute approximate surface area is 84.5 Å². The lowest BCUT2D eigenvalue weighted by atomic mass is 9.97. The second-order valence-corrected chi connectivity index (χ2v) is 3.75. The third-order valence-corrected chi connectivity index (χ3v) is 2.50. The lowest BCUT2D eigenvalue weighted by molar-refractivity contribution is -0.152. The maximum absolute atomic E-state index is 10.6. The van der Waals surface area contributed by atoms with Crippen LogP contribution in [-0.4, -0.2) is 38.5 Å². The first kappa shape index (κ1) is 11.5. The Balaban J connectivity index is 2.31. The predicted octanol–water partition coefficient (Wildman–Crippen LogP) is 0.990. The summed E-state index contributed by atoms with van der Waals surface area (Å²) in [7, 11) is 1.70. The van der Waals surface area contributed by atoms with Gasteiger partial charge in [-0.25, -0.2) is 0 Å². The third kappa shape index (κ3) is 3.27. The van der Waals surface area contributed by atoms with Crippen molar-refractivity contribution >= 4 is 5.97 Å². The van der Waals surface area contributed by atoms with Crippen molar-refractivity contribution in [1.82, 2.24) is 0 Å². The molecule has 0 N–H and O–H groups in total. The van der Waals surface area contributed by atoms with Crippen LogP contribution >= 0.6 is 0 Å². The van der Waals surface area contributed by atoms with Crippen LogP contribution in [0.4, 0.5) is 0 Å². The zero-order valence-corrected chi connectivity index (χ0v) is 8.99. The molecule has 1 aliphatic heterocycles. The molecule has 0 amide bonds. The van der Waals surface area contributed by atoms with Crippen LogP contribution in [0.5, 0.6) is 0 Å². The summed E-state index contributed by atoms with van der Waals surface area (Å²) in [6.07, 6.45) is 0.995. The summed E-state index contributed by atoms with van der Waals surface area (Å²) in [5.41, 5.74) is 0. The van der Waals surface area contributed by atoms with Gasteiger partial charge in [0.15, 0.2) is 0 Å². The van der Waals surface area contributed by atoms with E-state index in [2.05, 4.69) is 6.92 Å². The minimum Gasteiger partial charge on any atom is -0.463 e. The molecule has 3 atom stereocenters. The summed E-state index contributed by atoms with van der Waals surface area (Å²) in [5, 5.41) is 0. The summed E-state index contributed by atoms with van der Waals surface area (Å²) in [6, 6.07) is 0. The van der Waals surface area contributed by atoms with E-state index in [0.29, 0.717) is 19.1 Å². The van der Waals surface area contributed by atoms with Crippen molar-refractivity contribution in [3.63, 3.8) is 0 Å². The number of methoxy groups -OCH3 is 1. The van der Waals surface area contributed by atoms with Gasteiger partial charge in [-0.3, -0.25) is 4.79 Å². The highest BCUT2D eigenvalue weighted by molar-refractivity contribution is 5.65. The Hall–Kier alpha value is -0.610. The van der Waals surface area contributed by atoms with Gasteiger partial charge in [0.1, 0.15) is 6.61 Å². The second kappa shape index (κ2) is 5.32.